The van der Waals surface area contributed by atoms with Gasteiger partial charge in [-0.25, -0.2) is 4.98 Å². The molecule has 1 aliphatic heterocycles. The number of likely N-dealkylation sites (N-methyl/N-ethyl adjacent to an activating group) is 1. The summed E-state index contributed by atoms with van der Waals surface area (Å²) >= 11 is 0. The zero-order valence-corrected chi connectivity index (χ0v) is 19.2. The molecule has 33 heavy (non-hydrogen) atoms. The summed E-state index contributed by atoms with van der Waals surface area (Å²) in [6.07, 6.45) is 5.26. The van der Waals surface area contributed by atoms with Crippen molar-refractivity contribution in [1.82, 2.24) is 19.8 Å². The van der Waals surface area contributed by atoms with E-state index >= 15 is 0 Å². The number of allylic oxidation sites excluding steroid dienone is 1. The molecule has 0 radical (unpaired) electrons. The van der Waals surface area contributed by atoms with Crippen LogP contribution in [0.3, 0.4) is 0 Å². The maximum atomic E-state index is 8.40. The highest BCUT2D eigenvalue weighted by molar-refractivity contribution is 6.08. The second kappa shape index (κ2) is 10.2. The Morgan fingerprint density at radius 1 is 1.00 bits per heavy atom. The van der Waals surface area contributed by atoms with E-state index in [9.17, 15) is 0 Å². The van der Waals surface area contributed by atoms with Gasteiger partial charge in [-0.1, -0.05) is 54.5 Å². The minimum absolute atomic E-state index is 0.426. The number of H-pyrrole nitrogens is 1. The molecule has 5 nitrogen and oxygen atoms in total. The van der Waals surface area contributed by atoms with E-state index in [-0.39, 0.29) is 0 Å². The number of nitrogens with zero attached hydrogens (tertiary/aromatic N) is 3. The van der Waals surface area contributed by atoms with Crippen LogP contribution in [-0.4, -0.2) is 58.7 Å². The normalized spacial score (nSPS) is 14.2. The predicted molar refractivity (Wildman–Crippen MR) is 136 cm³/mol. The summed E-state index contributed by atoms with van der Waals surface area (Å²) in [6.45, 7) is 10.4. The van der Waals surface area contributed by atoms with Crippen LogP contribution in [0.15, 0.2) is 67.4 Å². The van der Waals surface area contributed by atoms with E-state index in [4.69, 9.17) is 5.41 Å². The summed E-state index contributed by atoms with van der Waals surface area (Å²) in [4.78, 5) is 12.2. The molecular weight excluding hydrogens is 406 g/mol. The van der Waals surface area contributed by atoms with Gasteiger partial charge in [0, 0.05) is 37.4 Å². The number of imidazole rings is 1. The summed E-state index contributed by atoms with van der Waals surface area (Å²) < 4.78 is 0. The number of nitrogens with one attached hydrogen (secondary N) is 2. The molecule has 166 valence electrons. The molecule has 0 amide bonds. The molecule has 0 unspecified atom stereocenters. The molecule has 2 heterocycles. The number of rotatable bonds is 5. The van der Waals surface area contributed by atoms with Crippen LogP contribution in [0.5, 0.6) is 0 Å². The molecule has 2 N–H and O–H groups in total. The molecule has 3 aromatic rings. The molecule has 0 bridgehead atoms. The number of piperazine rings is 1. The van der Waals surface area contributed by atoms with Crippen LogP contribution in [0, 0.1) is 24.2 Å². The van der Waals surface area contributed by atoms with Crippen molar-refractivity contribution in [3.05, 3.63) is 101 Å². The fourth-order valence-corrected chi connectivity index (χ4v) is 3.62. The zero-order valence-electron chi connectivity index (χ0n) is 19.2. The molecule has 2 aromatic carbocycles. The molecule has 5 heteroatoms. The number of benzene rings is 2. The van der Waals surface area contributed by atoms with Crippen LogP contribution < -0.4 is 0 Å². The molecule has 0 saturated carbocycles. The van der Waals surface area contributed by atoms with E-state index < -0.39 is 0 Å². The van der Waals surface area contributed by atoms with E-state index in [2.05, 4.69) is 52.2 Å². The van der Waals surface area contributed by atoms with Gasteiger partial charge >= 0.3 is 0 Å². The van der Waals surface area contributed by atoms with Crippen LogP contribution >= 0.6 is 0 Å². The van der Waals surface area contributed by atoms with Crippen molar-refractivity contribution in [1.29, 1.82) is 5.41 Å². The number of hydrogen-bond acceptors (Lipinski definition) is 4. The Kier molecular flexibility index (Phi) is 6.87. The van der Waals surface area contributed by atoms with Gasteiger partial charge in [0.05, 0.1) is 11.9 Å². The molecule has 0 atom stereocenters. The van der Waals surface area contributed by atoms with Crippen LogP contribution in [0.25, 0.3) is 11.8 Å². The first-order valence-corrected chi connectivity index (χ1v) is 11.1. The summed E-state index contributed by atoms with van der Waals surface area (Å²) in [5, 5.41) is 8.40. The average molecular weight is 436 g/mol. The van der Waals surface area contributed by atoms with Crippen molar-refractivity contribution in [2.75, 3.05) is 33.2 Å². The second-order valence-corrected chi connectivity index (χ2v) is 8.36. The zero-order chi connectivity index (χ0) is 23.2. The van der Waals surface area contributed by atoms with E-state index in [0.29, 0.717) is 11.5 Å². The quantitative estimate of drug-likeness (QED) is 0.461. The van der Waals surface area contributed by atoms with Gasteiger partial charge in [0.15, 0.2) is 0 Å². The first-order valence-electron chi connectivity index (χ1n) is 11.1. The van der Waals surface area contributed by atoms with Crippen LogP contribution in [0.1, 0.15) is 33.8 Å². The third-order valence-corrected chi connectivity index (χ3v) is 5.81. The highest BCUT2D eigenvalue weighted by Gasteiger charge is 2.16. The number of aryl methyl sites for hydroxylation is 1. The maximum absolute atomic E-state index is 8.40. The molecule has 1 aliphatic rings. The van der Waals surface area contributed by atoms with Crippen molar-refractivity contribution in [2.24, 2.45) is 0 Å². The van der Waals surface area contributed by atoms with E-state index in [0.717, 1.165) is 54.3 Å². The van der Waals surface area contributed by atoms with Gasteiger partial charge in [-0.2, -0.15) is 0 Å². The van der Waals surface area contributed by atoms with Gasteiger partial charge in [-0.3, -0.25) is 0 Å². The summed E-state index contributed by atoms with van der Waals surface area (Å²) in [5.74, 6) is 6.90. The lowest BCUT2D eigenvalue weighted by atomic mass is 10.0. The van der Waals surface area contributed by atoms with Crippen molar-refractivity contribution >= 4 is 17.5 Å². The van der Waals surface area contributed by atoms with Gasteiger partial charge in [-0.15, -0.1) is 0 Å². The molecule has 1 fully saturated rings. The smallest absolute Gasteiger partial charge is 0.130 e. The number of aromatic amines is 1. The Bertz CT molecular complexity index is 1210. The molecule has 1 aromatic heterocycles. The Hall–Kier alpha value is -3.88. The predicted octanol–water partition coefficient (Wildman–Crippen LogP) is 4.42. The summed E-state index contributed by atoms with van der Waals surface area (Å²) in [7, 11) is 2.15. The van der Waals surface area contributed by atoms with Crippen LogP contribution in [0.2, 0.25) is 0 Å². The molecule has 4 rings (SSSR count). The van der Waals surface area contributed by atoms with Crippen molar-refractivity contribution in [3.63, 3.8) is 0 Å². The third kappa shape index (κ3) is 5.88. The first-order chi connectivity index (χ1) is 16.0. The monoisotopic (exact) mass is 435 g/mol. The largest absolute Gasteiger partial charge is 0.369 e. The van der Waals surface area contributed by atoms with Crippen LogP contribution in [-0.2, 0) is 0 Å². The topological polar surface area (TPSA) is 59.0 Å². The maximum Gasteiger partial charge on any atom is 0.130 e. The minimum Gasteiger partial charge on any atom is -0.369 e. The SMILES string of the molecule is C=C(c1ccc(C(=N)/C=C\c2ncc(C#Cc3ccc(C)cc3)[nH]2)cc1)N1CCN(C)CC1. The fraction of sp³-hybridized carbons (Fsp3) is 0.214. The van der Waals surface area contributed by atoms with Gasteiger partial charge in [0.2, 0.25) is 0 Å². The second-order valence-electron chi connectivity index (χ2n) is 8.36. The van der Waals surface area contributed by atoms with Gasteiger partial charge in [0.25, 0.3) is 0 Å². The van der Waals surface area contributed by atoms with Crippen molar-refractivity contribution in [3.8, 4) is 11.8 Å². The Balaban J connectivity index is 1.36. The van der Waals surface area contributed by atoms with Gasteiger partial charge in [-0.05, 0) is 55.3 Å². The van der Waals surface area contributed by atoms with E-state index in [1.54, 1.807) is 18.3 Å². The average Bonchev–Trinajstić information content (AvgIpc) is 3.30. The minimum atomic E-state index is 0.426. The standard InChI is InChI=1S/C28H29N5/c1-21-4-6-23(7-5-21)8-13-26-20-30-28(31-26)15-14-27(29)25-11-9-24(10-12-25)22(2)33-18-16-32(3)17-19-33/h4-7,9-12,14-15,20,29H,2,16-19H2,1,3H3,(H,30,31)/b15-14-,29-27?. The molecule has 1 saturated heterocycles. The Labute approximate surface area is 196 Å². The van der Waals surface area contributed by atoms with E-state index in [1.807, 2.05) is 48.5 Å². The van der Waals surface area contributed by atoms with Gasteiger partial charge in [0.1, 0.15) is 11.5 Å². The molecule has 0 spiro atoms. The number of aromatic nitrogens is 2. The summed E-state index contributed by atoms with van der Waals surface area (Å²) in [6, 6.07) is 16.2. The highest BCUT2D eigenvalue weighted by Crippen LogP contribution is 2.20. The first kappa shape index (κ1) is 22.3. The third-order valence-electron chi connectivity index (χ3n) is 5.81. The molecule has 0 aliphatic carbocycles. The lowest BCUT2D eigenvalue weighted by Crippen LogP contribution is -2.43. The summed E-state index contributed by atoms with van der Waals surface area (Å²) in [5.41, 5.74) is 6.35. The van der Waals surface area contributed by atoms with Crippen LogP contribution in [0.4, 0.5) is 0 Å². The fourth-order valence-electron chi connectivity index (χ4n) is 3.62. The van der Waals surface area contributed by atoms with Crippen molar-refractivity contribution in [2.45, 2.75) is 6.92 Å². The van der Waals surface area contributed by atoms with Gasteiger partial charge < -0.3 is 20.2 Å². The lowest BCUT2D eigenvalue weighted by Gasteiger charge is -2.35. The highest BCUT2D eigenvalue weighted by atomic mass is 15.2. The lowest BCUT2D eigenvalue weighted by molar-refractivity contribution is 0.207. The number of hydrogen-bond donors (Lipinski definition) is 2. The Morgan fingerprint density at radius 2 is 1.67 bits per heavy atom. The Morgan fingerprint density at radius 3 is 2.36 bits per heavy atom. The van der Waals surface area contributed by atoms with E-state index in [1.165, 1.54) is 5.56 Å². The van der Waals surface area contributed by atoms with Crippen molar-refractivity contribution < 1.29 is 0 Å². The molecular formula is C28H29N5.